The smallest absolute Gasteiger partial charge is 0.312 e. The van der Waals surface area contributed by atoms with Gasteiger partial charge >= 0.3 is 5.97 Å². The number of hydrogen-bond acceptors (Lipinski definition) is 4. The van der Waals surface area contributed by atoms with Crippen LogP contribution < -0.4 is 5.73 Å². The Morgan fingerprint density at radius 3 is 2.53 bits per heavy atom. The molecule has 1 aromatic carbocycles. The molecule has 5 nitrogen and oxygen atoms in total. The maximum atomic E-state index is 13.9. The summed E-state index contributed by atoms with van der Waals surface area (Å²) in [5.74, 6) is -3.60. The molecule has 0 saturated carbocycles. The minimum absolute atomic E-state index is 0.220. The van der Waals surface area contributed by atoms with Crippen LogP contribution in [0.15, 0.2) is 23.1 Å². The summed E-state index contributed by atoms with van der Waals surface area (Å²) < 4.78 is 36.4. The van der Waals surface area contributed by atoms with E-state index in [1.54, 1.807) is 0 Å². The van der Waals surface area contributed by atoms with E-state index in [2.05, 4.69) is 0 Å². The summed E-state index contributed by atoms with van der Waals surface area (Å²) in [6, 6.07) is 3.60. The predicted molar refractivity (Wildman–Crippen MR) is 58.9 cm³/mol. The first-order valence-corrected chi connectivity index (χ1v) is 6.59. The van der Waals surface area contributed by atoms with Gasteiger partial charge in [0.25, 0.3) is 0 Å². The summed E-state index contributed by atoms with van der Waals surface area (Å²) >= 11 is 0. The maximum absolute atomic E-state index is 13.9. The fraction of sp³-hybridized carbons (Fsp3) is 0.300. The van der Waals surface area contributed by atoms with Gasteiger partial charge < -0.3 is 10.8 Å². The van der Waals surface area contributed by atoms with E-state index in [0.717, 1.165) is 12.3 Å². The van der Waals surface area contributed by atoms with Crippen LogP contribution in [0.2, 0.25) is 0 Å². The van der Waals surface area contributed by atoms with Crippen LogP contribution in [0.4, 0.5) is 4.39 Å². The highest BCUT2D eigenvalue weighted by Gasteiger charge is 2.25. The van der Waals surface area contributed by atoms with E-state index in [1.165, 1.54) is 12.1 Å². The second-order valence-corrected chi connectivity index (χ2v) is 5.54. The number of hydrogen-bond donors (Lipinski definition) is 2. The number of halogens is 1. The molecular formula is C10H12FNO4S. The standard InChI is InChI=1S/C10H12FNO4S/c1-17(15,16)8-4-2-3-6(9(8)11)7(5-12)10(13)14/h2-4,7H,5,12H2,1H3,(H,13,14). The van der Waals surface area contributed by atoms with Crippen molar-refractivity contribution in [2.24, 2.45) is 5.73 Å². The normalized spacial score (nSPS) is 13.4. The third-order valence-electron chi connectivity index (χ3n) is 2.30. The monoisotopic (exact) mass is 261 g/mol. The van der Waals surface area contributed by atoms with Crippen LogP contribution in [0, 0.1) is 5.82 Å². The number of benzene rings is 1. The van der Waals surface area contributed by atoms with Gasteiger partial charge in [0.1, 0.15) is 10.7 Å². The zero-order valence-corrected chi connectivity index (χ0v) is 9.87. The lowest BCUT2D eigenvalue weighted by atomic mass is 9.99. The Labute approximate surface area is 98.0 Å². The van der Waals surface area contributed by atoms with Gasteiger partial charge in [-0.1, -0.05) is 12.1 Å². The lowest BCUT2D eigenvalue weighted by Gasteiger charge is -2.12. The highest BCUT2D eigenvalue weighted by Crippen LogP contribution is 2.24. The minimum atomic E-state index is -3.73. The van der Waals surface area contributed by atoms with E-state index in [1.807, 2.05) is 0 Å². The van der Waals surface area contributed by atoms with Crippen molar-refractivity contribution < 1.29 is 22.7 Å². The number of carboxylic acids is 1. The lowest BCUT2D eigenvalue weighted by Crippen LogP contribution is -2.22. The van der Waals surface area contributed by atoms with E-state index in [0.29, 0.717) is 0 Å². The molecule has 0 spiro atoms. The van der Waals surface area contributed by atoms with Crippen LogP contribution in [0.3, 0.4) is 0 Å². The molecule has 0 amide bonds. The molecule has 1 aromatic rings. The van der Waals surface area contributed by atoms with Crippen molar-refractivity contribution >= 4 is 15.8 Å². The van der Waals surface area contributed by atoms with Gasteiger partial charge in [0, 0.05) is 18.4 Å². The summed E-state index contributed by atoms with van der Waals surface area (Å²) in [4.78, 5) is 10.3. The number of rotatable bonds is 4. The van der Waals surface area contributed by atoms with Crippen molar-refractivity contribution in [2.45, 2.75) is 10.8 Å². The summed E-state index contributed by atoms with van der Waals surface area (Å²) in [6.07, 6.45) is 0.855. The second-order valence-electron chi connectivity index (χ2n) is 3.56. The van der Waals surface area contributed by atoms with Gasteiger partial charge in [0.2, 0.25) is 0 Å². The van der Waals surface area contributed by atoms with Crippen molar-refractivity contribution in [1.82, 2.24) is 0 Å². The zero-order valence-electron chi connectivity index (χ0n) is 9.05. The largest absolute Gasteiger partial charge is 0.481 e. The average Bonchev–Trinajstić information content (AvgIpc) is 2.19. The highest BCUT2D eigenvalue weighted by molar-refractivity contribution is 7.90. The Morgan fingerprint density at radius 2 is 2.12 bits per heavy atom. The van der Waals surface area contributed by atoms with Crippen LogP contribution >= 0.6 is 0 Å². The van der Waals surface area contributed by atoms with E-state index in [4.69, 9.17) is 10.8 Å². The molecule has 0 aliphatic rings. The molecule has 3 N–H and O–H groups in total. The number of carbonyl (C=O) groups is 1. The molecule has 0 bridgehead atoms. The zero-order chi connectivity index (χ0) is 13.2. The average molecular weight is 261 g/mol. The molecule has 0 saturated heterocycles. The minimum Gasteiger partial charge on any atom is -0.481 e. The summed E-state index contributed by atoms with van der Waals surface area (Å²) in [6.45, 7) is -0.306. The van der Waals surface area contributed by atoms with Crippen molar-refractivity contribution in [1.29, 1.82) is 0 Å². The Morgan fingerprint density at radius 1 is 1.53 bits per heavy atom. The molecule has 0 fully saturated rings. The number of nitrogens with two attached hydrogens (primary N) is 1. The number of carboxylic acid groups (broad SMARTS) is 1. The molecule has 0 aromatic heterocycles. The van der Waals surface area contributed by atoms with Crippen molar-refractivity contribution in [3.8, 4) is 0 Å². The van der Waals surface area contributed by atoms with E-state index < -0.39 is 32.4 Å². The Hall–Kier alpha value is -1.47. The van der Waals surface area contributed by atoms with Crippen LogP contribution in [-0.4, -0.2) is 32.3 Å². The molecule has 0 heterocycles. The first-order valence-electron chi connectivity index (χ1n) is 4.70. The van der Waals surface area contributed by atoms with E-state index in [9.17, 15) is 17.6 Å². The summed E-state index contributed by atoms with van der Waals surface area (Å²) in [7, 11) is -3.73. The molecular weight excluding hydrogens is 249 g/mol. The fourth-order valence-electron chi connectivity index (χ4n) is 1.44. The van der Waals surface area contributed by atoms with Crippen LogP contribution in [0.1, 0.15) is 11.5 Å². The molecule has 1 atom stereocenters. The first-order chi connectivity index (χ1) is 7.79. The lowest BCUT2D eigenvalue weighted by molar-refractivity contribution is -0.138. The van der Waals surface area contributed by atoms with Gasteiger partial charge in [-0.05, 0) is 6.07 Å². The predicted octanol–water partition coefficient (Wildman–Crippen LogP) is 0.356. The van der Waals surface area contributed by atoms with Gasteiger partial charge in [-0.2, -0.15) is 0 Å². The molecule has 1 unspecified atom stereocenters. The quantitative estimate of drug-likeness (QED) is 0.815. The fourth-order valence-corrected chi connectivity index (χ4v) is 2.21. The van der Waals surface area contributed by atoms with Crippen molar-refractivity contribution in [2.75, 3.05) is 12.8 Å². The SMILES string of the molecule is CS(=O)(=O)c1cccc(C(CN)C(=O)O)c1F. The molecule has 94 valence electrons. The Balaban J connectivity index is 3.43. The van der Waals surface area contributed by atoms with E-state index >= 15 is 0 Å². The topological polar surface area (TPSA) is 97.5 Å². The Bertz CT molecular complexity index is 541. The first kappa shape index (κ1) is 13.6. The second kappa shape index (κ2) is 4.80. The number of sulfone groups is 1. The molecule has 0 aliphatic carbocycles. The van der Waals surface area contributed by atoms with Crippen molar-refractivity contribution in [3.05, 3.63) is 29.6 Å². The summed E-state index contributed by atoms with van der Waals surface area (Å²) in [5.41, 5.74) is 5.02. The van der Waals surface area contributed by atoms with Gasteiger partial charge in [0.15, 0.2) is 9.84 Å². The third kappa shape index (κ3) is 2.80. The Kier molecular flexibility index (Phi) is 3.84. The van der Waals surface area contributed by atoms with Crippen molar-refractivity contribution in [3.63, 3.8) is 0 Å². The summed E-state index contributed by atoms with van der Waals surface area (Å²) in [5, 5.41) is 8.85. The van der Waals surface area contributed by atoms with Gasteiger partial charge in [0.05, 0.1) is 5.92 Å². The third-order valence-corrected chi connectivity index (χ3v) is 3.42. The molecule has 1 rings (SSSR count). The van der Waals surface area contributed by atoms with Gasteiger partial charge in [-0.25, -0.2) is 12.8 Å². The van der Waals surface area contributed by atoms with Crippen LogP contribution in [-0.2, 0) is 14.6 Å². The molecule has 0 radical (unpaired) electrons. The number of aliphatic carboxylic acids is 1. The van der Waals surface area contributed by atoms with Gasteiger partial charge in [-0.3, -0.25) is 4.79 Å². The van der Waals surface area contributed by atoms with Crippen LogP contribution in [0.25, 0.3) is 0 Å². The highest BCUT2D eigenvalue weighted by atomic mass is 32.2. The van der Waals surface area contributed by atoms with Crippen LogP contribution in [0.5, 0.6) is 0 Å². The van der Waals surface area contributed by atoms with E-state index in [-0.39, 0.29) is 12.1 Å². The maximum Gasteiger partial charge on any atom is 0.312 e. The van der Waals surface area contributed by atoms with Gasteiger partial charge in [-0.15, -0.1) is 0 Å². The molecule has 0 aliphatic heterocycles. The molecule has 7 heteroatoms. The molecule has 17 heavy (non-hydrogen) atoms.